The van der Waals surface area contributed by atoms with Gasteiger partial charge in [-0.05, 0) is 11.5 Å². The zero-order valence-electron chi connectivity index (χ0n) is 10.1. The molecule has 0 unspecified atom stereocenters. The zero-order valence-corrected chi connectivity index (χ0v) is 10.9. The van der Waals surface area contributed by atoms with E-state index in [1.165, 1.54) is 0 Å². The van der Waals surface area contributed by atoms with Crippen LogP contribution < -0.4 is 10.5 Å². The third-order valence-corrected chi connectivity index (χ3v) is 2.81. The molecule has 0 fully saturated rings. The molecule has 0 spiro atoms. The van der Waals surface area contributed by atoms with E-state index in [1.807, 2.05) is 0 Å². The number of phenolic OH excluding ortho intramolecular Hbond substituents is 1. The fraction of sp³-hybridized carbons (Fsp3) is 0.500. The summed E-state index contributed by atoms with van der Waals surface area (Å²) in [5.41, 5.74) is 6.99. The van der Waals surface area contributed by atoms with Gasteiger partial charge in [0.25, 0.3) is 0 Å². The van der Waals surface area contributed by atoms with Crippen LogP contribution >= 0.6 is 11.6 Å². The first kappa shape index (κ1) is 13.1. The molecule has 0 aliphatic heterocycles. The van der Waals surface area contributed by atoms with Gasteiger partial charge in [-0.3, -0.25) is 0 Å². The van der Waals surface area contributed by atoms with Gasteiger partial charge >= 0.3 is 0 Å². The highest BCUT2D eigenvalue weighted by Crippen LogP contribution is 2.42. The first-order chi connectivity index (χ1) is 7.32. The van der Waals surface area contributed by atoms with Crippen LogP contribution in [0.25, 0.3) is 0 Å². The topological polar surface area (TPSA) is 55.5 Å². The molecule has 90 valence electrons. The molecular formula is C12H18ClNO2. The van der Waals surface area contributed by atoms with Crippen LogP contribution in [0.5, 0.6) is 11.5 Å². The Bertz CT molecular complexity index is 397. The molecule has 4 heteroatoms. The maximum Gasteiger partial charge on any atom is 0.142 e. The second kappa shape index (κ2) is 4.52. The van der Waals surface area contributed by atoms with Crippen molar-refractivity contribution in [1.82, 2.24) is 0 Å². The van der Waals surface area contributed by atoms with Gasteiger partial charge in [-0.1, -0.05) is 32.4 Å². The van der Waals surface area contributed by atoms with Gasteiger partial charge in [-0.25, -0.2) is 0 Å². The molecule has 0 saturated carbocycles. The minimum Gasteiger partial charge on any atom is -0.506 e. The van der Waals surface area contributed by atoms with Gasteiger partial charge < -0.3 is 15.6 Å². The van der Waals surface area contributed by atoms with Gasteiger partial charge in [-0.2, -0.15) is 0 Å². The van der Waals surface area contributed by atoms with Crippen molar-refractivity contribution in [3.8, 4) is 11.5 Å². The van der Waals surface area contributed by atoms with Crippen molar-refractivity contribution >= 4 is 11.6 Å². The molecule has 0 heterocycles. The monoisotopic (exact) mass is 243 g/mol. The van der Waals surface area contributed by atoms with E-state index >= 15 is 0 Å². The number of halogens is 1. The normalized spacial score (nSPS) is 11.6. The van der Waals surface area contributed by atoms with E-state index in [1.54, 1.807) is 13.2 Å². The highest BCUT2D eigenvalue weighted by molar-refractivity contribution is 6.32. The lowest BCUT2D eigenvalue weighted by molar-refractivity contribution is 0.384. The van der Waals surface area contributed by atoms with Crippen LogP contribution in [-0.4, -0.2) is 12.2 Å². The number of hydrogen-bond acceptors (Lipinski definition) is 3. The minimum atomic E-state index is -0.118. The Hall–Kier alpha value is -0.930. The van der Waals surface area contributed by atoms with Crippen molar-refractivity contribution in [2.45, 2.75) is 32.7 Å². The number of ether oxygens (including phenoxy) is 1. The van der Waals surface area contributed by atoms with Crippen molar-refractivity contribution in [2.75, 3.05) is 7.11 Å². The van der Waals surface area contributed by atoms with Gasteiger partial charge in [0, 0.05) is 12.1 Å². The number of nitrogens with two attached hydrogens (primary N) is 1. The maximum absolute atomic E-state index is 9.81. The summed E-state index contributed by atoms with van der Waals surface area (Å²) >= 11 is 5.97. The Morgan fingerprint density at radius 2 is 2.00 bits per heavy atom. The molecule has 1 rings (SSSR count). The summed E-state index contributed by atoms with van der Waals surface area (Å²) in [6, 6.07) is 1.73. The van der Waals surface area contributed by atoms with E-state index in [2.05, 4.69) is 20.8 Å². The maximum atomic E-state index is 9.81. The fourth-order valence-electron chi connectivity index (χ4n) is 1.65. The van der Waals surface area contributed by atoms with E-state index in [0.717, 1.165) is 5.56 Å². The summed E-state index contributed by atoms with van der Waals surface area (Å²) in [5.74, 6) is 0.630. The van der Waals surface area contributed by atoms with Gasteiger partial charge in [0.15, 0.2) is 0 Å². The van der Waals surface area contributed by atoms with Gasteiger partial charge in [0.1, 0.15) is 11.5 Å². The number of phenols is 1. The standard InChI is InChI=1S/C12H18ClNO2/c1-12(2,3)8-5-9(13)10(15)7(6-14)11(8)16-4/h5,15H,6,14H2,1-4H3. The highest BCUT2D eigenvalue weighted by Gasteiger charge is 2.24. The summed E-state index contributed by atoms with van der Waals surface area (Å²) in [4.78, 5) is 0. The van der Waals surface area contributed by atoms with Crippen molar-refractivity contribution in [2.24, 2.45) is 5.73 Å². The zero-order chi connectivity index (χ0) is 12.5. The predicted molar refractivity (Wildman–Crippen MR) is 66.3 cm³/mol. The Labute approximate surface area is 101 Å². The molecule has 0 saturated heterocycles. The minimum absolute atomic E-state index is 0.00835. The fourth-order valence-corrected chi connectivity index (χ4v) is 1.88. The summed E-state index contributed by atoms with van der Waals surface area (Å²) in [6.07, 6.45) is 0. The number of hydrogen-bond donors (Lipinski definition) is 2. The Morgan fingerprint density at radius 3 is 2.38 bits per heavy atom. The molecule has 0 aliphatic carbocycles. The van der Waals surface area contributed by atoms with E-state index in [0.29, 0.717) is 16.3 Å². The van der Waals surface area contributed by atoms with Crippen LogP contribution in [0.2, 0.25) is 5.02 Å². The number of aromatic hydroxyl groups is 1. The lowest BCUT2D eigenvalue weighted by Crippen LogP contribution is -2.15. The first-order valence-corrected chi connectivity index (χ1v) is 5.49. The van der Waals surface area contributed by atoms with E-state index in [9.17, 15) is 5.11 Å². The van der Waals surface area contributed by atoms with Gasteiger partial charge in [0.05, 0.1) is 17.7 Å². The smallest absolute Gasteiger partial charge is 0.142 e. The van der Waals surface area contributed by atoms with Crippen molar-refractivity contribution in [1.29, 1.82) is 0 Å². The van der Waals surface area contributed by atoms with Crippen molar-refractivity contribution < 1.29 is 9.84 Å². The van der Waals surface area contributed by atoms with Crippen molar-refractivity contribution in [3.05, 3.63) is 22.2 Å². The summed E-state index contributed by atoms with van der Waals surface area (Å²) < 4.78 is 5.33. The average Bonchev–Trinajstić information content (AvgIpc) is 2.19. The Morgan fingerprint density at radius 1 is 1.44 bits per heavy atom. The van der Waals surface area contributed by atoms with Crippen LogP contribution in [-0.2, 0) is 12.0 Å². The molecule has 0 radical (unpaired) electrons. The number of rotatable bonds is 2. The molecule has 16 heavy (non-hydrogen) atoms. The van der Waals surface area contributed by atoms with Crippen LogP contribution in [0.3, 0.4) is 0 Å². The SMILES string of the molecule is COc1c(C(C)(C)C)cc(Cl)c(O)c1CN. The van der Waals surface area contributed by atoms with Crippen LogP contribution in [0.4, 0.5) is 0 Å². The number of benzene rings is 1. The van der Waals surface area contributed by atoms with Gasteiger partial charge in [-0.15, -0.1) is 0 Å². The second-order valence-corrected chi connectivity index (χ2v) is 5.13. The number of methoxy groups -OCH3 is 1. The molecule has 0 atom stereocenters. The lowest BCUT2D eigenvalue weighted by atomic mass is 9.85. The van der Waals surface area contributed by atoms with E-state index in [4.69, 9.17) is 22.1 Å². The summed E-state index contributed by atoms with van der Waals surface area (Å²) in [6.45, 7) is 6.36. The van der Waals surface area contributed by atoms with Crippen LogP contribution in [0.1, 0.15) is 31.9 Å². The van der Waals surface area contributed by atoms with Crippen LogP contribution in [0.15, 0.2) is 6.07 Å². The summed E-state index contributed by atoms with van der Waals surface area (Å²) in [5, 5.41) is 10.1. The average molecular weight is 244 g/mol. The molecule has 0 aliphatic rings. The van der Waals surface area contributed by atoms with E-state index in [-0.39, 0.29) is 17.7 Å². The molecule has 3 N–H and O–H groups in total. The molecular weight excluding hydrogens is 226 g/mol. The molecule has 0 bridgehead atoms. The quantitative estimate of drug-likeness (QED) is 0.840. The van der Waals surface area contributed by atoms with E-state index < -0.39 is 0 Å². The Kier molecular flexibility index (Phi) is 3.71. The highest BCUT2D eigenvalue weighted by atomic mass is 35.5. The lowest BCUT2D eigenvalue weighted by Gasteiger charge is -2.24. The molecule has 1 aromatic rings. The molecule has 1 aromatic carbocycles. The third kappa shape index (κ3) is 2.25. The third-order valence-electron chi connectivity index (χ3n) is 2.52. The second-order valence-electron chi connectivity index (χ2n) is 4.72. The van der Waals surface area contributed by atoms with Crippen LogP contribution in [0, 0.1) is 0 Å². The molecule has 0 amide bonds. The van der Waals surface area contributed by atoms with Gasteiger partial charge in [0.2, 0.25) is 0 Å². The first-order valence-electron chi connectivity index (χ1n) is 5.11. The summed E-state index contributed by atoms with van der Waals surface area (Å²) in [7, 11) is 1.57. The Balaban J connectivity index is 3.57. The largest absolute Gasteiger partial charge is 0.506 e. The predicted octanol–water partition coefficient (Wildman–Crippen LogP) is 2.81. The molecule has 3 nitrogen and oxygen atoms in total. The van der Waals surface area contributed by atoms with Crippen molar-refractivity contribution in [3.63, 3.8) is 0 Å². The molecule has 0 aromatic heterocycles.